The molecule has 0 saturated carbocycles. The fourth-order valence-corrected chi connectivity index (χ4v) is 2.62. The van der Waals surface area contributed by atoms with E-state index >= 15 is 0 Å². The molecule has 1 aromatic carbocycles. The van der Waals surface area contributed by atoms with E-state index in [2.05, 4.69) is 17.1 Å². The first kappa shape index (κ1) is 16.8. The van der Waals surface area contributed by atoms with Crippen molar-refractivity contribution in [3.8, 4) is 5.75 Å². The van der Waals surface area contributed by atoms with E-state index in [9.17, 15) is 4.79 Å². The lowest BCUT2D eigenvalue weighted by molar-refractivity contribution is -0.117. The number of anilines is 1. The van der Waals surface area contributed by atoms with Crippen LogP contribution in [0.25, 0.3) is 0 Å². The fourth-order valence-electron chi connectivity index (χ4n) is 2.62. The van der Waals surface area contributed by atoms with E-state index in [1.807, 2.05) is 24.3 Å². The first-order valence-corrected chi connectivity index (χ1v) is 7.99. The second-order valence-electron chi connectivity index (χ2n) is 5.59. The number of hydrogen-bond donors (Lipinski definition) is 1. The largest absolute Gasteiger partial charge is 0.497 e. The minimum Gasteiger partial charge on any atom is -0.497 e. The number of methoxy groups -OCH3 is 1. The topological polar surface area (TPSA) is 50.8 Å². The third-order valence-electron chi connectivity index (χ3n) is 3.92. The Labute approximate surface area is 132 Å². The van der Waals surface area contributed by atoms with Crippen molar-refractivity contribution in [1.82, 2.24) is 4.90 Å². The minimum atomic E-state index is 0.00262. The first-order chi connectivity index (χ1) is 10.7. The van der Waals surface area contributed by atoms with Gasteiger partial charge in [-0.3, -0.25) is 9.69 Å². The summed E-state index contributed by atoms with van der Waals surface area (Å²) in [5.74, 6) is 0.783. The SMILES string of the molecule is CCN(CC(=O)Nc1ccc(OC)cc1)C[C@@H]1CCCCO1. The second kappa shape index (κ2) is 8.76. The molecule has 1 amide bonds. The van der Waals surface area contributed by atoms with Gasteiger partial charge in [0.2, 0.25) is 5.91 Å². The smallest absolute Gasteiger partial charge is 0.238 e. The minimum absolute atomic E-state index is 0.00262. The summed E-state index contributed by atoms with van der Waals surface area (Å²) in [5, 5.41) is 2.92. The summed E-state index contributed by atoms with van der Waals surface area (Å²) < 4.78 is 10.9. The van der Waals surface area contributed by atoms with E-state index in [-0.39, 0.29) is 12.0 Å². The van der Waals surface area contributed by atoms with Crippen LogP contribution < -0.4 is 10.1 Å². The third-order valence-corrected chi connectivity index (χ3v) is 3.92. The van der Waals surface area contributed by atoms with Gasteiger partial charge in [-0.15, -0.1) is 0 Å². The van der Waals surface area contributed by atoms with Gasteiger partial charge in [-0.2, -0.15) is 0 Å². The Morgan fingerprint density at radius 3 is 2.73 bits per heavy atom. The highest BCUT2D eigenvalue weighted by atomic mass is 16.5. The number of nitrogens with one attached hydrogen (secondary N) is 1. The molecule has 1 aliphatic heterocycles. The molecule has 5 heteroatoms. The van der Waals surface area contributed by atoms with Crippen LogP contribution >= 0.6 is 0 Å². The Hall–Kier alpha value is -1.59. The van der Waals surface area contributed by atoms with Crippen molar-refractivity contribution in [2.45, 2.75) is 32.3 Å². The molecular formula is C17H26N2O3. The van der Waals surface area contributed by atoms with Gasteiger partial charge in [-0.05, 0) is 50.1 Å². The maximum absolute atomic E-state index is 12.2. The number of amides is 1. The summed E-state index contributed by atoms with van der Waals surface area (Å²) in [6.07, 6.45) is 3.74. The number of ether oxygens (including phenoxy) is 2. The molecule has 5 nitrogen and oxygen atoms in total. The van der Waals surface area contributed by atoms with Crippen LogP contribution in [0.1, 0.15) is 26.2 Å². The van der Waals surface area contributed by atoms with Crippen LogP contribution in [-0.2, 0) is 9.53 Å². The lowest BCUT2D eigenvalue weighted by atomic mass is 10.1. The molecule has 1 aliphatic rings. The molecule has 1 saturated heterocycles. The van der Waals surface area contributed by atoms with E-state index in [4.69, 9.17) is 9.47 Å². The van der Waals surface area contributed by atoms with Gasteiger partial charge in [0.1, 0.15) is 5.75 Å². The standard InChI is InChI=1S/C17H26N2O3/c1-3-19(12-16-6-4-5-11-22-16)13-17(20)18-14-7-9-15(21-2)10-8-14/h7-10,16H,3-6,11-13H2,1-2H3,(H,18,20)/t16-/m0/s1. The van der Waals surface area contributed by atoms with Crippen molar-refractivity contribution in [3.63, 3.8) is 0 Å². The van der Waals surface area contributed by atoms with Crippen molar-refractivity contribution in [2.75, 3.05) is 38.7 Å². The molecule has 122 valence electrons. The maximum Gasteiger partial charge on any atom is 0.238 e. The molecule has 0 aromatic heterocycles. The Bertz CT molecular complexity index is 455. The Balaban J connectivity index is 1.80. The fraction of sp³-hybridized carbons (Fsp3) is 0.588. The molecule has 1 N–H and O–H groups in total. The van der Waals surface area contributed by atoms with Gasteiger partial charge in [0, 0.05) is 18.8 Å². The van der Waals surface area contributed by atoms with Crippen molar-refractivity contribution < 1.29 is 14.3 Å². The molecule has 1 atom stereocenters. The molecule has 0 spiro atoms. The maximum atomic E-state index is 12.2. The summed E-state index contributed by atoms with van der Waals surface area (Å²) in [4.78, 5) is 14.3. The zero-order valence-corrected chi connectivity index (χ0v) is 13.5. The van der Waals surface area contributed by atoms with Gasteiger partial charge in [0.15, 0.2) is 0 Å². The van der Waals surface area contributed by atoms with Crippen molar-refractivity contribution in [2.24, 2.45) is 0 Å². The number of rotatable bonds is 7. The number of carbonyl (C=O) groups excluding carboxylic acids is 1. The average molecular weight is 306 g/mol. The van der Waals surface area contributed by atoms with E-state index in [1.54, 1.807) is 7.11 Å². The van der Waals surface area contributed by atoms with Crippen LogP contribution in [-0.4, -0.2) is 50.3 Å². The lowest BCUT2D eigenvalue weighted by Crippen LogP contribution is -2.40. The van der Waals surface area contributed by atoms with Crippen molar-refractivity contribution in [3.05, 3.63) is 24.3 Å². The molecule has 1 heterocycles. The predicted molar refractivity (Wildman–Crippen MR) is 87.3 cm³/mol. The van der Waals surface area contributed by atoms with Gasteiger partial charge in [-0.25, -0.2) is 0 Å². The van der Waals surface area contributed by atoms with Crippen LogP contribution in [0.5, 0.6) is 5.75 Å². The highest BCUT2D eigenvalue weighted by Gasteiger charge is 2.18. The van der Waals surface area contributed by atoms with Gasteiger partial charge < -0.3 is 14.8 Å². The van der Waals surface area contributed by atoms with E-state index < -0.39 is 0 Å². The average Bonchev–Trinajstić information content (AvgIpc) is 2.56. The second-order valence-corrected chi connectivity index (χ2v) is 5.59. The van der Waals surface area contributed by atoms with Crippen LogP contribution in [0.15, 0.2) is 24.3 Å². The molecule has 1 aromatic rings. The lowest BCUT2D eigenvalue weighted by Gasteiger charge is -2.28. The van der Waals surface area contributed by atoms with E-state index in [0.717, 1.165) is 44.0 Å². The van der Waals surface area contributed by atoms with Crippen LogP contribution in [0.2, 0.25) is 0 Å². The molecular weight excluding hydrogens is 280 g/mol. The number of nitrogens with zero attached hydrogens (tertiary/aromatic N) is 1. The van der Waals surface area contributed by atoms with Crippen LogP contribution in [0, 0.1) is 0 Å². The van der Waals surface area contributed by atoms with Gasteiger partial charge in [0.05, 0.1) is 19.8 Å². The van der Waals surface area contributed by atoms with Gasteiger partial charge >= 0.3 is 0 Å². The highest BCUT2D eigenvalue weighted by molar-refractivity contribution is 5.92. The molecule has 1 fully saturated rings. The van der Waals surface area contributed by atoms with Gasteiger partial charge in [-0.1, -0.05) is 6.92 Å². The predicted octanol–water partition coefficient (Wildman–Crippen LogP) is 2.52. The van der Waals surface area contributed by atoms with Crippen molar-refractivity contribution in [1.29, 1.82) is 0 Å². The van der Waals surface area contributed by atoms with Crippen LogP contribution in [0.3, 0.4) is 0 Å². The zero-order valence-electron chi connectivity index (χ0n) is 13.5. The van der Waals surface area contributed by atoms with Crippen LogP contribution in [0.4, 0.5) is 5.69 Å². The molecule has 0 unspecified atom stereocenters. The summed E-state index contributed by atoms with van der Waals surface area (Å²) >= 11 is 0. The number of likely N-dealkylation sites (N-methyl/N-ethyl adjacent to an activating group) is 1. The normalized spacial score (nSPS) is 18.2. The molecule has 0 bridgehead atoms. The first-order valence-electron chi connectivity index (χ1n) is 7.99. The quantitative estimate of drug-likeness (QED) is 0.841. The molecule has 0 aliphatic carbocycles. The van der Waals surface area contributed by atoms with E-state index in [0.29, 0.717) is 6.54 Å². The highest BCUT2D eigenvalue weighted by Crippen LogP contribution is 2.16. The summed E-state index contributed by atoms with van der Waals surface area (Å²) in [6.45, 7) is 4.98. The zero-order chi connectivity index (χ0) is 15.8. The summed E-state index contributed by atoms with van der Waals surface area (Å²) in [7, 11) is 1.63. The monoisotopic (exact) mass is 306 g/mol. The van der Waals surface area contributed by atoms with Crippen molar-refractivity contribution >= 4 is 11.6 Å². The van der Waals surface area contributed by atoms with E-state index in [1.165, 1.54) is 6.42 Å². The molecule has 22 heavy (non-hydrogen) atoms. The third kappa shape index (κ3) is 5.31. The van der Waals surface area contributed by atoms with Gasteiger partial charge in [0.25, 0.3) is 0 Å². The number of benzene rings is 1. The Kier molecular flexibility index (Phi) is 6.68. The molecule has 0 radical (unpaired) electrons. The summed E-state index contributed by atoms with van der Waals surface area (Å²) in [6, 6.07) is 7.36. The Morgan fingerprint density at radius 2 is 2.14 bits per heavy atom. The number of carbonyl (C=O) groups is 1. The molecule has 2 rings (SSSR count). The number of hydrogen-bond acceptors (Lipinski definition) is 4. The summed E-state index contributed by atoms with van der Waals surface area (Å²) in [5.41, 5.74) is 0.788. The Morgan fingerprint density at radius 1 is 1.36 bits per heavy atom.